The lowest BCUT2D eigenvalue weighted by molar-refractivity contribution is 0.0127. The summed E-state index contributed by atoms with van der Waals surface area (Å²) >= 11 is 1.55. The van der Waals surface area contributed by atoms with Crippen LogP contribution in [0.15, 0.2) is 47.9 Å². The van der Waals surface area contributed by atoms with Gasteiger partial charge in [-0.15, -0.1) is 0 Å². The Balaban J connectivity index is 1.55. The molecular weight excluding hydrogens is 346 g/mol. The molecule has 5 nitrogen and oxygen atoms in total. The quantitative estimate of drug-likeness (QED) is 0.566. The van der Waals surface area contributed by atoms with Gasteiger partial charge in [0.25, 0.3) is 0 Å². The molecule has 1 aromatic carbocycles. The van der Waals surface area contributed by atoms with E-state index in [0.29, 0.717) is 6.61 Å². The SMILES string of the molecule is CSc1ncc(CN2CCC[C@@](CO)(CCOc3ccccc3)C2)cn1. The summed E-state index contributed by atoms with van der Waals surface area (Å²) in [7, 11) is 0. The van der Waals surface area contributed by atoms with Crippen LogP contribution >= 0.6 is 11.8 Å². The molecule has 1 N–H and O–H groups in total. The Bertz CT molecular complexity index is 669. The Labute approximate surface area is 159 Å². The third-order valence-corrected chi connectivity index (χ3v) is 5.57. The van der Waals surface area contributed by atoms with Crippen LogP contribution in [0.3, 0.4) is 0 Å². The van der Waals surface area contributed by atoms with Crippen LogP contribution in [0.2, 0.25) is 0 Å². The van der Waals surface area contributed by atoms with Crippen LogP contribution in [-0.2, 0) is 6.54 Å². The summed E-state index contributed by atoms with van der Waals surface area (Å²) in [5.74, 6) is 0.888. The number of aliphatic hydroxyl groups excluding tert-OH is 1. The van der Waals surface area contributed by atoms with E-state index >= 15 is 0 Å². The molecule has 0 spiro atoms. The van der Waals surface area contributed by atoms with Gasteiger partial charge in [-0.25, -0.2) is 9.97 Å². The van der Waals surface area contributed by atoms with Gasteiger partial charge in [0, 0.05) is 36.5 Å². The number of ether oxygens (including phenoxy) is 1. The highest BCUT2D eigenvalue weighted by Gasteiger charge is 2.34. The maximum Gasteiger partial charge on any atom is 0.187 e. The van der Waals surface area contributed by atoms with E-state index in [-0.39, 0.29) is 12.0 Å². The number of piperidine rings is 1. The van der Waals surface area contributed by atoms with Gasteiger partial charge in [-0.1, -0.05) is 30.0 Å². The smallest absolute Gasteiger partial charge is 0.187 e. The van der Waals surface area contributed by atoms with E-state index in [1.807, 2.05) is 49.0 Å². The van der Waals surface area contributed by atoms with Crippen molar-refractivity contribution in [2.45, 2.75) is 31.0 Å². The third kappa shape index (κ3) is 5.19. The number of hydrogen-bond acceptors (Lipinski definition) is 6. The van der Waals surface area contributed by atoms with Gasteiger partial charge in [-0.3, -0.25) is 4.90 Å². The van der Waals surface area contributed by atoms with Crippen molar-refractivity contribution in [1.82, 2.24) is 14.9 Å². The average Bonchev–Trinajstić information content (AvgIpc) is 2.70. The summed E-state index contributed by atoms with van der Waals surface area (Å²) in [6, 6.07) is 9.87. The second-order valence-corrected chi connectivity index (χ2v) is 7.74. The highest BCUT2D eigenvalue weighted by atomic mass is 32.2. The van der Waals surface area contributed by atoms with Crippen molar-refractivity contribution >= 4 is 11.8 Å². The highest BCUT2D eigenvalue weighted by molar-refractivity contribution is 7.98. The van der Waals surface area contributed by atoms with Crippen LogP contribution in [0.4, 0.5) is 0 Å². The summed E-state index contributed by atoms with van der Waals surface area (Å²) in [5, 5.41) is 10.9. The zero-order chi connectivity index (χ0) is 18.2. The van der Waals surface area contributed by atoms with E-state index in [1.165, 1.54) is 0 Å². The van der Waals surface area contributed by atoms with Crippen LogP contribution in [-0.4, -0.2) is 52.5 Å². The molecule has 1 aliphatic rings. The molecule has 1 saturated heterocycles. The molecule has 1 aromatic heterocycles. The van der Waals surface area contributed by atoms with Gasteiger partial charge >= 0.3 is 0 Å². The number of likely N-dealkylation sites (tertiary alicyclic amines) is 1. The van der Waals surface area contributed by atoms with Gasteiger partial charge in [0.05, 0.1) is 13.2 Å². The number of nitrogens with zero attached hydrogens (tertiary/aromatic N) is 3. The standard InChI is InChI=1S/C20H27N3O2S/c1-26-19-21-12-17(13-22-19)14-23-10-5-8-20(15-23,16-24)9-11-25-18-6-3-2-4-7-18/h2-4,6-7,12-13,24H,5,8-11,14-16H2,1H3/t20-/m1/s1. The minimum Gasteiger partial charge on any atom is -0.494 e. The second kappa shape index (κ2) is 9.35. The molecule has 0 aliphatic carbocycles. The van der Waals surface area contributed by atoms with Gasteiger partial charge in [-0.2, -0.15) is 0 Å². The molecule has 1 atom stereocenters. The number of aliphatic hydroxyl groups is 1. The Kier molecular flexibility index (Phi) is 6.88. The molecule has 26 heavy (non-hydrogen) atoms. The van der Waals surface area contributed by atoms with E-state index in [1.54, 1.807) is 11.8 Å². The number of aromatic nitrogens is 2. The first-order chi connectivity index (χ1) is 12.7. The van der Waals surface area contributed by atoms with Gasteiger partial charge in [0.2, 0.25) is 0 Å². The first-order valence-electron chi connectivity index (χ1n) is 9.09. The summed E-state index contributed by atoms with van der Waals surface area (Å²) < 4.78 is 5.86. The molecule has 0 amide bonds. The number of para-hydroxylation sites is 1. The van der Waals surface area contributed by atoms with Gasteiger partial charge in [-0.05, 0) is 44.2 Å². The van der Waals surface area contributed by atoms with Crippen molar-refractivity contribution < 1.29 is 9.84 Å². The summed E-state index contributed by atoms with van der Waals surface area (Å²) in [5.41, 5.74) is 1.03. The van der Waals surface area contributed by atoms with Gasteiger partial charge in [0.1, 0.15) is 5.75 Å². The van der Waals surface area contributed by atoms with E-state index in [0.717, 1.165) is 55.4 Å². The Morgan fingerprint density at radius 1 is 1.23 bits per heavy atom. The number of hydrogen-bond donors (Lipinski definition) is 1. The van der Waals surface area contributed by atoms with Crippen molar-refractivity contribution in [1.29, 1.82) is 0 Å². The first-order valence-corrected chi connectivity index (χ1v) is 10.3. The van der Waals surface area contributed by atoms with Crippen LogP contribution < -0.4 is 4.74 Å². The predicted octanol–water partition coefficient (Wildman–Crippen LogP) is 3.24. The van der Waals surface area contributed by atoms with E-state index in [4.69, 9.17) is 4.74 Å². The second-order valence-electron chi connectivity index (χ2n) is 6.96. The first kappa shape index (κ1) is 19.1. The molecule has 3 rings (SSSR count). The lowest BCUT2D eigenvalue weighted by Crippen LogP contribution is -2.45. The fourth-order valence-corrected chi connectivity index (χ4v) is 3.86. The summed E-state index contributed by atoms with van der Waals surface area (Å²) in [6.45, 7) is 3.58. The molecule has 0 radical (unpaired) electrons. The topological polar surface area (TPSA) is 58.5 Å². The van der Waals surface area contributed by atoms with Crippen LogP contribution in [0.1, 0.15) is 24.8 Å². The molecule has 0 saturated carbocycles. The normalized spacial score (nSPS) is 20.8. The van der Waals surface area contributed by atoms with Gasteiger partial charge in [0.15, 0.2) is 5.16 Å². The fourth-order valence-electron chi connectivity index (χ4n) is 3.55. The minimum absolute atomic E-state index is 0.0902. The lowest BCUT2D eigenvalue weighted by atomic mass is 9.78. The molecule has 0 bridgehead atoms. The Morgan fingerprint density at radius 3 is 2.69 bits per heavy atom. The monoisotopic (exact) mass is 373 g/mol. The van der Waals surface area contributed by atoms with Crippen LogP contribution in [0.25, 0.3) is 0 Å². The molecule has 1 fully saturated rings. The van der Waals surface area contributed by atoms with E-state index in [9.17, 15) is 5.11 Å². The molecule has 2 heterocycles. The minimum atomic E-state index is -0.0902. The Hall–Kier alpha value is -1.63. The Morgan fingerprint density at radius 2 is 2.00 bits per heavy atom. The largest absolute Gasteiger partial charge is 0.494 e. The highest BCUT2D eigenvalue weighted by Crippen LogP contribution is 2.34. The average molecular weight is 374 g/mol. The van der Waals surface area contributed by atoms with Crippen molar-refractivity contribution in [3.8, 4) is 5.75 Å². The van der Waals surface area contributed by atoms with Crippen LogP contribution in [0.5, 0.6) is 5.75 Å². The molecular formula is C20H27N3O2S. The maximum absolute atomic E-state index is 10.1. The van der Waals surface area contributed by atoms with E-state index < -0.39 is 0 Å². The van der Waals surface area contributed by atoms with Crippen molar-refractivity contribution in [3.05, 3.63) is 48.3 Å². The molecule has 140 valence electrons. The summed E-state index contributed by atoms with van der Waals surface area (Å²) in [4.78, 5) is 11.1. The van der Waals surface area contributed by atoms with Gasteiger partial charge < -0.3 is 9.84 Å². The van der Waals surface area contributed by atoms with Crippen molar-refractivity contribution in [2.24, 2.45) is 5.41 Å². The summed E-state index contributed by atoms with van der Waals surface area (Å²) in [6.07, 6.45) is 8.79. The molecule has 1 aliphatic heterocycles. The number of benzene rings is 1. The number of rotatable bonds is 8. The van der Waals surface area contributed by atoms with Crippen molar-refractivity contribution in [3.63, 3.8) is 0 Å². The third-order valence-electron chi connectivity index (χ3n) is 4.99. The lowest BCUT2D eigenvalue weighted by Gasteiger charge is -2.41. The number of thioether (sulfide) groups is 1. The zero-order valence-electron chi connectivity index (χ0n) is 15.3. The fraction of sp³-hybridized carbons (Fsp3) is 0.500. The van der Waals surface area contributed by atoms with Crippen LogP contribution in [0, 0.1) is 5.41 Å². The zero-order valence-corrected chi connectivity index (χ0v) is 16.1. The predicted molar refractivity (Wildman–Crippen MR) is 104 cm³/mol. The molecule has 6 heteroatoms. The molecule has 0 unspecified atom stereocenters. The maximum atomic E-state index is 10.1. The van der Waals surface area contributed by atoms with E-state index in [2.05, 4.69) is 14.9 Å². The molecule has 2 aromatic rings. The van der Waals surface area contributed by atoms with Crippen molar-refractivity contribution in [2.75, 3.05) is 32.6 Å².